The van der Waals surface area contributed by atoms with E-state index in [0.29, 0.717) is 6.07 Å². The lowest BCUT2D eigenvalue weighted by molar-refractivity contribution is -0.141. The minimum Gasteiger partial charge on any atom is -0.508 e. The van der Waals surface area contributed by atoms with Crippen molar-refractivity contribution in [1.29, 1.82) is 0 Å². The summed E-state index contributed by atoms with van der Waals surface area (Å²) in [4.78, 5) is 15.0. The number of phenolic OH excluding ortho intramolecular Hbond substituents is 1. The molecule has 21 heavy (non-hydrogen) atoms. The maximum atomic E-state index is 12.4. The monoisotopic (exact) mass is 316 g/mol. The molecule has 0 aliphatic heterocycles. The number of phenols is 1. The molecule has 0 aliphatic carbocycles. The Kier molecular flexibility index (Phi) is 4.04. The number of hydrogen-bond acceptors (Lipinski definition) is 3. The summed E-state index contributed by atoms with van der Waals surface area (Å²) < 4.78 is 37.1. The fourth-order valence-electron chi connectivity index (χ4n) is 1.50. The second kappa shape index (κ2) is 5.61. The number of rotatable bonds is 2. The topological polar surface area (TPSA) is 62.2 Å². The first-order valence-electron chi connectivity index (χ1n) is 5.60. The Morgan fingerprint density at radius 3 is 2.48 bits per heavy atom. The Morgan fingerprint density at radius 1 is 1.24 bits per heavy atom. The lowest BCUT2D eigenvalue weighted by atomic mass is 10.2. The smallest absolute Gasteiger partial charge is 0.433 e. The Hall–Kier alpha value is -2.28. The van der Waals surface area contributed by atoms with E-state index in [9.17, 15) is 23.1 Å². The third-order valence-corrected chi connectivity index (χ3v) is 2.83. The Morgan fingerprint density at radius 2 is 1.95 bits per heavy atom. The van der Waals surface area contributed by atoms with Gasteiger partial charge in [-0.2, -0.15) is 13.2 Å². The highest BCUT2D eigenvalue weighted by Gasteiger charge is 2.32. The highest BCUT2D eigenvalue weighted by Crippen LogP contribution is 2.28. The summed E-state index contributed by atoms with van der Waals surface area (Å²) in [7, 11) is 0. The van der Waals surface area contributed by atoms with Gasteiger partial charge in [0.05, 0.1) is 16.3 Å². The predicted octanol–water partition coefficient (Wildman–Crippen LogP) is 3.71. The maximum Gasteiger partial charge on any atom is 0.433 e. The van der Waals surface area contributed by atoms with Crippen LogP contribution < -0.4 is 5.32 Å². The van der Waals surface area contributed by atoms with Crippen molar-refractivity contribution < 1.29 is 23.1 Å². The average Bonchev–Trinajstić information content (AvgIpc) is 2.41. The molecule has 0 bridgehead atoms. The molecule has 0 saturated carbocycles. The van der Waals surface area contributed by atoms with Crippen LogP contribution in [0.1, 0.15) is 16.1 Å². The molecule has 2 N–H and O–H groups in total. The number of nitrogens with zero attached hydrogens (tertiary/aromatic N) is 1. The summed E-state index contributed by atoms with van der Waals surface area (Å²) in [5.41, 5.74) is -0.909. The van der Waals surface area contributed by atoms with Gasteiger partial charge in [-0.05, 0) is 24.3 Å². The highest BCUT2D eigenvalue weighted by atomic mass is 35.5. The average molecular weight is 317 g/mol. The first-order valence-corrected chi connectivity index (χ1v) is 5.98. The van der Waals surface area contributed by atoms with E-state index < -0.39 is 17.8 Å². The van der Waals surface area contributed by atoms with Gasteiger partial charge in [-0.25, -0.2) is 0 Å². The molecule has 0 aliphatic rings. The van der Waals surface area contributed by atoms with Crippen LogP contribution in [0, 0.1) is 0 Å². The molecule has 2 aromatic rings. The van der Waals surface area contributed by atoms with Gasteiger partial charge in [-0.3, -0.25) is 9.78 Å². The fraction of sp³-hybridized carbons (Fsp3) is 0.0769. The summed E-state index contributed by atoms with van der Waals surface area (Å²) in [6, 6.07) is 5.63. The largest absolute Gasteiger partial charge is 0.508 e. The Bertz CT molecular complexity index is 672. The predicted molar refractivity (Wildman–Crippen MR) is 70.3 cm³/mol. The zero-order valence-electron chi connectivity index (χ0n) is 10.3. The van der Waals surface area contributed by atoms with Gasteiger partial charge in [0.2, 0.25) is 0 Å². The number of aromatic nitrogens is 1. The van der Waals surface area contributed by atoms with Crippen molar-refractivity contribution >= 4 is 23.2 Å². The second-order valence-electron chi connectivity index (χ2n) is 4.05. The van der Waals surface area contributed by atoms with Gasteiger partial charge in [0.1, 0.15) is 11.4 Å². The number of anilines is 1. The van der Waals surface area contributed by atoms with E-state index >= 15 is 0 Å². The van der Waals surface area contributed by atoms with Gasteiger partial charge in [0.15, 0.2) is 0 Å². The molecule has 0 saturated heterocycles. The number of pyridine rings is 1. The number of alkyl halides is 3. The summed E-state index contributed by atoms with van der Waals surface area (Å²) in [5, 5.41) is 11.7. The van der Waals surface area contributed by atoms with E-state index in [1.807, 2.05) is 0 Å². The van der Waals surface area contributed by atoms with Crippen LogP contribution >= 0.6 is 11.6 Å². The third-order valence-electron chi connectivity index (χ3n) is 2.52. The zero-order chi connectivity index (χ0) is 15.6. The summed E-state index contributed by atoms with van der Waals surface area (Å²) in [6.07, 6.45) is -3.73. The van der Waals surface area contributed by atoms with Crippen molar-refractivity contribution in [3.63, 3.8) is 0 Å². The van der Waals surface area contributed by atoms with Crippen LogP contribution in [0.4, 0.5) is 18.9 Å². The number of amides is 1. The molecule has 8 heteroatoms. The fourth-order valence-corrected chi connectivity index (χ4v) is 1.72. The zero-order valence-corrected chi connectivity index (χ0v) is 11.0. The molecule has 4 nitrogen and oxygen atoms in total. The number of benzene rings is 1. The van der Waals surface area contributed by atoms with Gasteiger partial charge < -0.3 is 10.4 Å². The normalized spacial score (nSPS) is 11.2. The van der Waals surface area contributed by atoms with Crippen LogP contribution in [0.25, 0.3) is 0 Å². The van der Waals surface area contributed by atoms with Gasteiger partial charge in [-0.1, -0.05) is 11.6 Å². The molecule has 0 atom stereocenters. The van der Waals surface area contributed by atoms with Crippen LogP contribution in [0.15, 0.2) is 36.5 Å². The number of aromatic hydroxyl groups is 1. The SMILES string of the molecule is O=C(Nc1ccc(O)cc1Cl)c1ccc(C(F)(F)F)nc1. The Labute approximate surface area is 122 Å². The number of hydrogen-bond donors (Lipinski definition) is 2. The first kappa shape index (κ1) is 15.1. The standard InChI is InChI=1S/C13H8ClF3N2O2/c14-9-5-8(20)2-3-10(9)19-12(21)7-1-4-11(18-6-7)13(15,16)17/h1-6,20H,(H,19,21). The van der Waals surface area contributed by atoms with Crippen LogP contribution in [-0.2, 0) is 6.18 Å². The first-order chi connectivity index (χ1) is 9.77. The van der Waals surface area contributed by atoms with Crippen molar-refractivity contribution in [2.24, 2.45) is 0 Å². The molecule has 2 rings (SSSR count). The summed E-state index contributed by atoms with van der Waals surface area (Å²) in [6.45, 7) is 0. The summed E-state index contributed by atoms with van der Waals surface area (Å²) >= 11 is 5.81. The molecule has 110 valence electrons. The van der Waals surface area contributed by atoms with Crippen molar-refractivity contribution in [2.75, 3.05) is 5.32 Å². The molecular formula is C13H8ClF3N2O2. The molecule has 0 fully saturated rings. The maximum absolute atomic E-state index is 12.4. The molecular weight excluding hydrogens is 309 g/mol. The van der Waals surface area contributed by atoms with Gasteiger partial charge >= 0.3 is 6.18 Å². The van der Waals surface area contributed by atoms with E-state index in [2.05, 4.69) is 10.3 Å². The summed E-state index contributed by atoms with van der Waals surface area (Å²) in [5.74, 6) is -0.738. The number of carbonyl (C=O) groups excluding carboxylic acids is 1. The van der Waals surface area contributed by atoms with Gasteiger partial charge in [0.25, 0.3) is 5.91 Å². The molecule has 1 amide bonds. The highest BCUT2D eigenvalue weighted by molar-refractivity contribution is 6.34. The van der Waals surface area contributed by atoms with Crippen LogP contribution in [-0.4, -0.2) is 16.0 Å². The molecule has 0 radical (unpaired) electrons. The van der Waals surface area contributed by atoms with Crippen LogP contribution in [0.5, 0.6) is 5.75 Å². The number of carbonyl (C=O) groups is 1. The molecule has 1 aromatic heterocycles. The van der Waals surface area contributed by atoms with E-state index in [0.717, 1.165) is 12.3 Å². The molecule has 0 spiro atoms. The number of nitrogens with one attached hydrogen (secondary N) is 1. The quantitative estimate of drug-likeness (QED) is 0.830. The van der Waals surface area contributed by atoms with E-state index in [4.69, 9.17) is 11.6 Å². The lowest BCUT2D eigenvalue weighted by Crippen LogP contribution is -2.14. The van der Waals surface area contributed by atoms with Gasteiger partial charge in [0, 0.05) is 12.3 Å². The number of halogens is 4. The van der Waals surface area contributed by atoms with Gasteiger partial charge in [-0.15, -0.1) is 0 Å². The molecule has 1 heterocycles. The lowest BCUT2D eigenvalue weighted by Gasteiger charge is -2.09. The third kappa shape index (κ3) is 3.63. The Balaban J connectivity index is 2.17. The van der Waals surface area contributed by atoms with Crippen LogP contribution in [0.3, 0.4) is 0 Å². The second-order valence-corrected chi connectivity index (χ2v) is 4.46. The van der Waals surface area contributed by atoms with Crippen LogP contribution in [0.2, 0.25) is 5.02 Å². The van der Waals surface area contributed by atoms with E-state index in [-0.39, 0.29) is 22.0 Å². The molecule has 0 unspecified atom stereocenters. The van der Waals surface area contributed by atoms with Crippen molar-refractivity contribution in [3.05, 3.63) is 52.8 Å². The van der Waals surface area contributed by atoms with E-state index in [1.165, 1.54) is 18.2 Å². The minimum atomic E-state index is -4.56. The van der Waals surface area contributed by atoms with Crippen molar-refractivity contribution in [3.8, 4) is 5.75 Å². The van der Waals surface area contributed by atoms with Crippen molar-refractivity contribution in [2.45, 2.75) is 6.18 Å². The minimum absolute atomic E-state index is 0.0489. The van der Waals surface area contributed by atoms with Crippen molar-refractivity contribution in [1.82, 2.24) is 4.98 Å². The van der Waals surface area contributed by atoms with E-state index in [1.54, 1.807) is 0 Å². The molecule has 1 aromatic carbocycles.